The molecule has 0 aliphatic carbocycles. The zero-order valence-corrected chi connectivity index (χ0v) is 12.4. The average molecular weight is 281 g/mol. The van der Waals surface area contributed by atoms with Gasteiger partial charge >= 0.3 is 0 Å². The molecule has 0 unspecified atom stereocenters. The predicted octanol–water partition coefficient (Wildman–Crippen LogP) is 2.47. The maximum absolute atomic E-state index is 10.0. The summed E-state index contributed by atoms with van der Waals surface area (Å²) in [4.78, 5) is 10.0. The van der Waals surface area contributed by atoms with Gasteiger partial charge in [0.2, 0.25) is 0 Å². The molecule has 0 bridgehead atoms. The Morgan fingerprint density at radius 2 is 1.47 bits per heavy atom. The summed E-state index contributed by atoms with van der Waals surface area (Å²) in [6, 6.07) is 15.8. The number of carbonyl (C=O) groups excluding carboxylic acids is 1. The predicted molar refractivity (Wildman–Crippen MR) is 64.3 cm³/mol. The minimum atomic E-state index is 0. The van der Waals surface area contributed by atoms with Crippen molar-refractivity contribution in [3.8, 4) is 5.75 Å². The molecule has 0 aliphatic rings. The van der Waals surface area contributed by atoms with Crippen LogP contribution in [0.15, 0.2) is 54.6 Å². The van der Waals surface area contributed by atoms with Gasteiger partial charge in [0, 0.05) is 25.0 Å². The Morgan fingerprint density at radius 3 is 1.82 bits per heavy atom. The molecule has 0 heterocycles. The molecular weight excluding hydrogens is 268 g/mol. The normalized spacial score (nSPS) is 8.24. The van der Waals surface area contributed by atoms with E-state index in [0.29, 0.717) is 5.69 Å². The summed E-state index contributed by atoms with van der Waals surface area (Å²) in [5.41, 5.74) is 6.42. The Kier molecular flexibility index (Phi) is 7.65. The van der Waals surface area contributed by atoms with Crippen molar-refractivity contribution >= 4 is 12.0 Å². The third kappa shape index (κ3) is 5.83. The van der Waals surface area contributed by atoms with Crippen molar-refractivity contribution in [3.63, 3.8) is 0 Å². The average Bonchev–Trinajstić information content (AvgIpc) is 2.35. The Bertz CT molecular complexity index is 425. The number of para-hydroxylation sites is 2. The van der Waals surface area contributed by atoms with E-state index in [4.69, 9.17) is 10.8 Å². The van der Waals surface area contributed by atoms with Crippen molar-refractivity contribution in [3.05, 3.63) is 60.2 Å². The van der Waals surface area contributed by atoms with Crippen molar-refractivity contribution in [1.82, 2.24) is 0 Å². The number of hydrogen-bond acceptors (Lipinski definition) is 3. The largest absolute Gasteiger partial charge is 0.506 e. The molecule has 2 aromatic carbocycles. The number of aromatic hydroxyl groups is 1. The zero-order valence-electron chi connectivity index (χ0n) is 9.41. The smallest absolute Gasteiger partial charge is 0.150 e. The molecule has 2 aromatic rings. The minimum absolute atomic E-state index is 0. The van der Waals surface area contributed by atoms with E-state index in [1.165, 1.54) is 0 Å². The fourth-order valence-electron chi connectivity index (χ4n) is 1.02. The van der Waals surface area contributed by atoms with E-state index in [9.17, 15) is 4.79 Å². The number of hydrogen-bond donors (Lipinski definition) is 2. The molecule has 84 valence electrons. The van der Waals surface area contributed by atoms with Crippen molar-refractivity contribution < 1.29 is 29.4 Å². The van der Waals surface area contributed by atoms with Gasteiger partial charge in [0.1, 0.15) is 12.0 Å². The van der Waals surface area contributed by atoms with Crippen LogP contribution in [0, 0.1) is 0 Å². The van der Waals surface area contributed by atoms with Crippen LogP contribution in [0.2, 0.25) is 0 Å². The van der Waals surface area contributed by atoms with E-state index in [2.05, 4.69) is 0 Å². The number of phenolic OH excluding ortho intramolecular Hbond substituents is 1. The second-order valence-corrected chi connectivity index (χ2v) is 3.09. The van der Waals surface area contributed by atoms with E-state index in [1.807, 2.05) is 18.2 Å². The van der Waals surface area contributed by atoms with E-state index in [1.54, 1.807) is 36.4 Å². The van der Waals surface area contributed by atoms with E-state index in [-0.39, 0.29) is 25.2 Å². The molecule has 0 fully saturated rings. The Morgan fingerprint density at radius 1 is 0.941 bits per heavy atom. The van der Waals surface area contributed by atoms with Crippen LogP contribution in [0.25, 0.3) is 0 Å². The van der Waals surface area contributed by atoms with Crippen molar-refractivity contribution in [1.29, 1.82) is 0 Å². The van der Waals surface area contributed by atoms with Gasteiger partial charge in [-0.1, -0.05) is 42.5 Å². The van der Waals surface area contributed by atoms with Crippen molar-refractivity contribution in [2.75, 3.05) is 5.73 Å². The number of nitrogens with two attached hydrogens (primary N) is 1. The first-order valence-electron chi connectivity index (χ1n) is 4.77. The number of phenols is 1. The first-order valence-corrected chi connectivity index (χ1v) is 4.77. The van der Waals surface area contributed by atoms with Crippen molar-refractivity contribution in [2.45, 2.75) is 0 Å². The van der Waals surface area contributed by atoms with Gasteiger partial charge in [0.05, 0.1) is 5.69 Å². The second-order valence-electron chi connectivity index (χ2n) is 3.09. The summed E-state index contributed by atoms with van der Waals surface area (Å²) in [7, 11) is 0. The van der Waals surface area contributed by atoms with Gasteiger partial charge in [0.15, 0.2) is 0 Å². The van der Waals surface area contributed by atoms with Crippen LogP contribution in [-0.4, -0.2) is 11.4 Å². The Balaban J connectivity index is 0.000000284. The van der Waals surface area contributed by atoms with Gasteiger partial charge in [-0.15, -0.1) is 0 Å². The van der Waals surface area contributed by atoms with Gasteiger partial charge < -0.3 is 10.8 Å². The summed E-state index contributed by atoms with van der Waals surface area (Å²) >= 11 is 0. The van der Waals surface area contributed by atoms with E-state index < -0.39 is 0 Å². The molecule has 0 saturated heterocycles. The maximum Gasteiger partial charge on any atom is 0.150 e. The molecule has 0 radical (unpaired) electrons. The number of benzene rings is 2. The summed E-state index contributed by atoms with van der Waals surface area (Å²) in [6.07, 6.45) is 0.833. The number of anilines is 1. The van der Waals surface area contributed by atoms with Crippen LogP contribution in [-0.2, 0) is 19.5 Å². The maximum atomic E-state index is 10.0. The monoisotopic (exact) mass is 279 g/mol. The third-order valence-corrected chi connectivity index (χ3v) is 1.87. The molecule has 3 N–H and O–H groups in total. The van der Waals surface area contributed by atoms with Crippen molar-refractivity contribution in [2.24, 2.45) is 0 Å². The minimum Gasteiger partial charge on any atom is -0.506 e. The number of aldehydes is 1. The van der Waals surface area contributed by atoms with Gasteiger partial charge in [0.25, 0.3) is 0 Å². The van der Waals surface area contributed by atoms with Crippen LogP contribution >= 0.6 is 0 Å². The molecule has 0 saturated carbocycles. The first kappa shape index (κ1) is 15.3. The summed E-state index contributed by atoms with van der Waals surface area (Å²) in [6.45, 7) is 0. The molecule has 0 amide bonds. The number of rotatable bonds is 1. The summed E-state index contributed by atoms with van der Waals surface area (Å²) < 4.78 is 0. The van der Waals surface area contributed by atoms with Crippen LogP contribution in [0.5, 0.6) is 5.75 Å². The number of nitrogen functional groups attached to an aromatic ring is 1. The molecule has 0 aliphatic heterocycles. The molecule has 0 aromatic heterocycles. The van der Waals surface area contributed by atoms with Crippen LogP contribution in [0.3, 0.4) is 0 Å². The van der Waals surface area contributed by atoms with E-state index >= 15 is 0 Å². The quantitative estimate of drug-likeness (QED) is 0.365. The second kappa shape index (κ2) is 8.48. The fraction of sp³-hybridized carbons (Fsp3) is 0. The van der Waals surface area contributed by atoms with Gasteiger partial charge in [-0.2, -0.15) is 0 Å². The number of carbonyl (C=O) groups is 1. The van der Waals surface area contributed by atoms with Crippen LogP contribution in [0.4, 0.5) is 5.69 Å². The van der Waals surface area contributed by atoms with Gasteiger partial charge in [-0.3, -0.25) is 4.79 Å². The zero-order chi connectivity index (χ0) is 11.8. The van der Waals surface area contributed by atoms with Crippen LogP contribution in [0.1, 0.15) is 10.4 Å². The molecular formula is C13H13NO2Zn. The third-order valence-electron chi connectivity index (χ3n) is 1.87. The fourth-order valence-corrected chi connectivity index (χ4v) is 1.02. The Labute approximate surface area is 113 Å². The van der Waals surface area contributed by atoms with Gasteiger partial charge in [-0.05, 0) is 12.1 Å². The molecule has 0 atom stereocenters. The molecule has 3 nitrogen and oxygen atoms in total. The molecule has 17 heavy (non-hydrogen) atoms. The first-order chi connectivity index (χ1) is 7.74. The SMILES string of the molecule is Nc1ccccc1O.O=Cc1ccccc1.[Zn]. The topological polar surface area (TPSA) is 63.3 Å². The van der Waals surface area contributed by atoms with E-state index in [0.717, 1.165) is 11.8 Å². The molecule has 2 rings (SSSR count). The summed E-state index contributed by atoms with van der Waals surface area (Å²) in [5.74, 6) is 0.146. The molecule has 4 heteroatoms. The molecule has 0 spiro atoms. The standard InChI is InChI=1S/C7H6O.C6H7NO.Zn/c8-6-7-4-2-1-3-5-7;7-5-3-1-2-4-6(5)8;/h1-6H;1-4,8H,7H2;. The van der Waals surface area contributed by atoms with Crippen LogP contribution < -0.4 is 5.73 Å². The Hall–Kier alpha value is -1.67. The van der Waals surface area contributed by atoms with Gasteiger partial charge in [-0.25, -0.2) is 0 Å². The summed E-state index contributed by atoms with van der Waals surface area (Å²) in [5, 5.41) is 8.79.